The molecule has 4 rings (SSSR count). The third-order valence-corrected chi connectivity index (χ3v) is 5.33. The molecule has 2 aromatic rings. The zero-order valence-corrected chi connectivity index (χ0v) is 15.4. The van der Waals surface area contributed by atoms with Crippen LogP contribution in [0.3, 0.4) is 0 Å². The van der Waals surface area contributed by atoms with Crippen LogP contribution >= 0.6 is 0 Å². The van der Waals surface area contributed by atoms with Crippen molar-refractivity contribution in [1.29, 1.82) is 0 Å². The van der Waals surface area contributed by atoms with Crippen LogP contribution in [0.4, 0.5) is 5.69 Å². The Bertz CT molecular complexity index is 776. The maximum atomic E-state index is 13.0. The van der Waals surface area contributed by atoms with Gasteiger partial charge in [0.2, 0.25) is 0 Å². The predicted octanol–water partition coefficient (Wildman–Crippen LogP) is 3.07. The Morgan fingerprint density at radius 2 is 1.96 bits per heavy atom. The van der Waals surface area contributed by atoms with Crippen molar-refractivity contribution in [2.24, 2.45) is 0 Å². The Balaban J connectivity index is 1.59. The highest BCUT2D eigenvalue weighted by atomic mass is 16.5. The Morgan fingerprint density at radius 3 is 2.69 bits per heavy atom. The summed E-state index contributed by atoms with van der Waals surface area (Å²) in [4.78, 5) is 17.1. The van der Waals surface area contributed by atoms with Gasteiger partial charge in [-0.3, -0.25) is 4.79 Å². The highest BCUT2D eigenvalue weighted by Crippen LogP contribution is 2.35. The molecule has 2 aliphatic rings. The lowest BCUT2D eigenvalue weighted by Crippen LogP contribution is -2.51. The standard InChI is InChI=1S/C20H25N3O3/c1-14-16(15(2)26-21-14)12-23-13-19(20(24)22-10-6-3-7-11-22)25-18-9-5-4-8-17(18)23/h4-5,8-9,19H,3,6-7,10-13H2,1-2H3/t19-/m0/s1. The van der Waals surface area contributed by atoms with Gasteiger partial charge >= 0.3 is 0 Å². The van der Waals surface area contributed by atoms with Crippen LogP contribution in [0.15, 0.2) is 28.8 Å². The first-order valence-corrected chi connectivity index (χ1v) is 9.34. The first-order valence-electron chi connectivity index (χ1n) is 9.34. The molecule has 0 bridgehead atoms. The van der Waals surface area contributed by atoms with Crippen LogP contribution in [0.5, 0.6) is 5.75 Å². The van der Waals surface area contributed by atoms with Crippen molar-refractivity contribution >= 4 is 11.6 Å². The van der Waals surface area contributed by atoms with Gasteiger partial charge in [0.25, 0.3) is 5.91 Å². The highest BCUT2D eigenvalue weighted by Gasteiger charge is 2.34. The Labute approximate surface area is 153 Å². The van der Waals surface area contributed by atoms with E-state index in [0.29, 0.717) is 13.1 Å². The zero-order valence-electron chi connectivity index (χ0n) is 15.4. The number of aryl methyl sites for hydroxylation is 2. The Kier molecular flexibility index (Phi) is 4.57. The summed E-state index contributed by atoms with van der Waals surface area (Å²) in [5.74, 6) is 1.69. The van der Waals surface area contributed by atoms with Gasteiger partial charge in [-0.05, 0) is 45.2 Å². The molecule has 1 fully saturated rings. The number of hydrogen-bond acceptors (Lipinski definition) is 5. The molecular formula is C20H25N3O3. The number of carbonyl (C=O) groups is 1. The maximum Gasteiger partial charge on any atom is 0.265 e. The van der Waals surface area contributed by atoms with E-state index in [0.717, 1.165) is 54.4 Å². The van der Waals surface area contributed by atoms with Gasteiger partial charge < -0.3 is 19.1 Å². The number of rotatable bonds is 3. The molecule has 1 aromatic heterocycles. The zero-order chi connectivity index (χ0) is 18.1. The van der Waals surface area contributed by atoms with Crippen molar-refractivity contribution in [2.75, 3.05) is 24.5 Å². The second-order valence-electron chi connectivity index (χ2n) is 7.14. The summed E-state index contributed by atoms with van der Waals surface area (Å²) in [5.41, 5.74) is 2.98. The quantitative estimate of drug-likeness (QED) is 0.847. The third-order valence-electron chi connectivity index (χ3n) is 5.33. The number of para-hydroxylation sites is 2. The van der Waals surface area contributed by atoms with Crippen molar-refractivity contribution in [2.45, 2.75) is 45.8 Å². The van der Waals surface area contributed by atoms with Crippen LogP contribution in [-0.2, 0) is 11.3 Å². The Hall–Kier alpha value is -2.50. The van der Waals surface area contributed by atoms with Gasteiger partial charge in [-0.25, -0.2) is 0 Å². The molecule has 6 nitrogen and oxygen atoms in total. The highest BCUT2D eigenvalue weighted by molar-refractivity contribution is 5.83. The monoisotopic (exact) mass is 355 g/mol. The molecule has 1 atom stereocenters. The predicted molar refractivity (Wildman–Crippen MR) is 98.3 cm³/mol. The van der Waals surface area contributed by atoms with E-state index in [1.54, 1.807) is 0 Å². The van der Waals surface area contributed by atoms with Crippen LogP contribution in [0.25, 0.3) is 0 Å². The van der Waals surface area contributed by atoms with Gasteiger partial charge in [-0.1, -0.05) is 17.3 Å². The molecule has 1 saturated heterocycles. The molecule has 0 unspecified atom stereocenters. The van der Waals surface area contributed by atoms with Crippen LogP contribution in [0.2, 0.25) is 0 Å². The fourth-order valence-corrected chi connectivity index (χ4v) is 3.82. The number of nitrogens with zero attached hydrogens (tertiary/aromatic N) is 3. The number of fused-ring (bicyclic) bond motifs is 1. The number of benzene rings is 1. The lowest BCUT2D eigenvalue weighted by Gasteiger charge is -2.38. The molecule has 26 heavy (non-hydrogen) atoms. The molecular weight excluding hydrogens is 330 g/mol. The van der Waals surface area contributed by atoms with E-state index >= 15 is 0 Å². The van der Waals surface area contributed by atoms with Gasteiger partial charge in [-0.2, -0.15) is 0 Å². The summed E-state index contributed by atoms with van der Waals surface area (Å²) in [7, 11) is 0. The summed E-state index contributed by atoms with van der Waals surface area (Å²) in [6.07, 6.45) is 2.90. The van der Waals surface area contributed by atoms with Crippen LogP contribution in [-0.4, -0.2) is 41.7 Å². The molecule has 0 radical (unpaired) electrons. The van der Waals surface area contributed by atoms with Crippen LogP contribution < -0.4 is 9.64 Å². The van der Waals surface area contributed by atoms with Gasteiger partial charge in [0.1, 0.15) is 11.5 Å². The van der Waals surface area contributed by atoms with Crippen molar-refractivity contribution in [3.8, 4) is 5.75 Å². The molecule has 2 aliphatic heterocycles. The number of likely N-dealkylation sites (tertiary alicyclic amines) is 1. The van der Waals surface area contributed by atoms with Gasteiger partial charge in [-0.15, -0.1) is 0 Å². The minimum absolute atomic E-state index is 0.1000. The fourth-order valence-electron chi connectivity index (χ4n) is 3.82. The normalized spacial score (nSPS) is 19.8. The number of amides is 1. The number of anilines is 1. The van der Waals surface area contributed by atoms with E-state index in [2.05, 4.69) is 10.1 Å². The number of ether oxygens (including phenoxy) is 1. The van der Waals surface area contributed by atoms with Crippen molar-refractivity contribution in [3.63, 3.8) is 0 Å². The van der Waals surface area contributed by atoms with E-state index in [1.165, 1.54) is 6.42 Å². The summed E-state index contributed by atoms with van der Waals surface area (Å²) in [5, 5.41) is 4.06. The average molecular weight is 355 g/mol. The molecule has 0 N–H and O–H groups in total. The number of hydrogen-bond donors (Lipinski definition) is 0. The molecule has 0 saturated carbocycles. The largest absolute Gasteiger partial charge is 0.477 e. The first-order chi connectivity index (χ1) is 12.6. The number of carbonyl (C=O) groups excluding carboxylic acids is 1. The van der Waals surface area contributed by atoms with E-state index in [9.17, 15) is 4.79 Å². The van der Waals surface area contributed by atoms with Gasteiger partial charge in [0.05, 0.1) is 17.9 Å². The molecule has 138 valence electrons. The molecule has 3 heterocycles. The van der Waals surface area contributed by atoms with Crippen molar-refractivity contribution < 1.29 is 14.1 Å². The van der Waals surface area contributed by atoms with Crippen molar-refractivity contribution in [3.05, 3.63) is 41.3 Å². The Morgan fingerprint density at radius 1 is 1.19 bits per heavy atom. The second-order valence-corrected chi connectivity index (χ2v) is 7.14. The smallest absolute Gasteiger partial charge is 0.265 e. The van der Waals surface area contributed by atoms with E-state index in [4.69, 9.17) is 9.26 Å². The third kappa shape index (κ3) is 3.16. The van der Waals surface area contributed by atoms with Crippen LogP contribution in [0, 0.1) is 13.8 Å². The van der Waals surface area contributed by atoms with Crippen LogP contribution in [0.1, 0.15) is 36.3 Å². The molecule has 0 spiro atoms. The minimum Gasteiger partial charge on any atom is -0.477 e. The lowest BCUT2D eigenvalue weighted by molar-refractivity contribution is -0.139. The lowest BCUT2D eigenvalue weighted by atomic mass is 10.1. The molecule has 6 heteroatoms. The van der Waals surface area contributed by atoms with Gasteiger partial charge in [0.15, 0.2) is 6.10 Å². The topological polar surface area (TPSA) is 58.8 Å². The SMILES string of the molecule is Cc1noc(C)c1CN1C[C@@H](C(=O)N2CCCCC2)Oc2ccccc21. The number of aromatic nitrogens is 1. The number of piperidine rings is 1. The molecule has 1 aromatic carbocycles. The van der Waals surface area contributed by atoms with Gasteiger partial charge in [0, 0.05) is 25.2 Å². The second kappa shape index (κ2) is 7.02. The molecule has 1 amide bonds. The fraction of sp³-hybridized carbons (Fsp3) is 0.500. The summed E-state index contributed by atoms with van der Waals surface area (Å²) < 4.78 is 11.4. The summed E-state index contributed by atoms with van der Waals surface area (Å²) in [6.45, 7) is 6.75. The maximum absolute atomic E-state index is 13.0. The first kappa shape index (κ1) is 16.9. The average Bonchev–Trinajstić information content (AvgIpc) is 3.00. The molecule has 0 aliphatic carbocycles. The van der Waals surface area contributed by atoms with E-state index < -0.39 is 6.10 Å². The van der Waals surface area contributed by atoms with Crippen molar-refractivity contribution in [1.82, 2.24) is 10.1 Å². The summed E-state index contributed by atoms with van der Waals surface area (Å²) >= 11 is 0. The minimum atomic E-state index is -0.469. The summed E-state index contributed by atoms with van der Waals surface area (Å²) in [6, 6.07) is 7.91. The van der Waals surface area contributed by atoms with E-state index in [1.807, 2.05) is 43.0 Å². The van der Waals surface area contributed by atoms with E-state index in [-0.39, 0.29) is 5.91 Å².